The molecule has 4 nitrogen and oxygen atoms in total. The zero-order chi connectivity index (χ0) is 14.8. The number of hydrogen-bond acceptors (Lipinski definition) is 3. The summed E-state index contributed by atoms with van der Waals surface area (Å²) in [5, 5.41) is 9.02. The van der Waals surface area contributed by atoms with E-state index >= 15 is 0 Å². The average Bonchev–Trinajstić information content (AvgIpc) is 3.18. The molecule has 0 aromatic heterocycles. The van der Waals surface area contributed by atoms with Gasteiger partial charge in [0.1, 0.15) is 10.7 Å². The number of aliphatic hydroxyl groups excluding tert-OH is 1. The molecule has 2 N–H and O–H groups in total. The van der Waals surface area contributed by atoms with Crippen molar-refractivity contribution in [3.05, 3.63) is 29.6 Å². The van der Waals surface area contributed by atoms with Crippen LogP contribution in [-0.2, 0) is 16.6 Å². The lowest BCUT2D eigenvalue weighted by Crippen LogP contribution is -2.31. The molecule has 6 heteroatoms. The molecule has 2 rings (SSSR count). The molecule has 1 fully saturated rings. The molecule has 112 valence electrons. The van der Waals surface area contributed by atoms with Crippen molar-refractivity contribution in [3.63, 3.8) is 0 Å². The minimum absolute atomic E-state index is 0.0624. The maximum atomic E-state index is 13.7. The maximum absolute atomic E-state index is 13.7. The van der Waals surface area contributed by atoms with Crippen molar-refractivity contribution in [1.29, 1.82) is 0 Å². The first-order valence-corrected chi connectivity index (χ1v) is 8.30. The molecule has 0 unspecified atom stereocenters. The summed E-state index contributed by atoms with van der Waals surface area (Å²) in [6.45, 7) is 2.10. The van der Waals surface area contributed by atoms with Gasteiger partial charge in [0.2, 0.25) is 10.0 Å². The third-order valence-corrected chi connectivity index (χ3v) is 5.26. The van der Waals surface area contributed by atoms with Crippen molar-refractivity contribution in [3.8, 4) is 0 Å². The molecule has 1 aromatic carbocycles. The van der Waals surface area contributed by atoms with E-state index in [4.69, 9.17) is 5.11 Å². The van der Waals surface area contributed by atoms with Gasteiger partial charge in [-0.05, 0) is 42.4 Å². The van der Waals surface area contributed by atoms with Gasteiger partial charge in [-0.15, -0.1) is 0 Å². The Morgan fingerprint density at radius 3 is 2.65 bits per heavy atom. The molecule has 0 aliphatic heterocycles. The first kappa shape index (κ1) is 15.4. The van der Waals surface area contributed by atoms with E-state index in [-0.39, 0.29) is 12.0 Å². The highest BCUT2D eigenvalue weighted by molar-refractivity contribution is 7.89. The van der Waals surface area contributed by atoms with Crippen LogP contribution in [0.4, 0.5) is 4.39 Å². The number of halogens is 1. The van der Waals surface area contributed by atoms with Crippen molar-refractivity contribution in [1.82, 2.24) is 4.72 Å². The average molecular weight is 301 g/mol. The van der Waals surface area contributed by atoms with Gasteiger partial charge in [-0.2, -0.15) is 0 Å². The van der Waals surface area contributed by atoms with Crippen molar-refractivity contribution >= 4 is 10.0 Å². The lowest BCUT2D eigenvalue weighted by molar-refractivity contribution is 0.281. The van der Waals surface area contributed by atoms with Crippen LogP contribution in [0.5, 0.6) is 0 Å². The SMILES string of the molecule is CCCC1(CNS(=O)(=O)c2cc(CO)ccc2F)CC1. The van der Waals surface area contributed by atoms with Crippen LogP contribution >= 0.6 is 0 Å². The molecule has 20 heavy (non-hydrogen) atoms. The lowest BCUT2D eigenvalue weighted by atomic mass is 10.0. The van der Waals surface area contributed by atoms with Gasteiger partial charge in [0.05, 0.1) is 6.61 Å². The van der Waals surface area contributed by atoms with E-state index in [0.717, 1.165) is 31.7 Å². The van der Waals surface area contributed by atoms with Crippen LogP contribution in [0.1, 0.15) is 38.2 Å². The third kappa shape index (κ3) is 3.37. The van der Waals surface area contributed by atoms with Crippen LogP contribution in [-0.4, -0.2) is 20.1 Å². The summed E-state index contributed by atoms with van der Waals surface area (Å²) in [6, 6.07) is 3.62. The minimum atomic E-state index is -3.87. The number of benzene rings is 1. The Balaban J connectivity index is 2.14. The monoisotopic (exact) mass is 301 g/mol. The van der Waals surface area contributed by atoms with Gasteiger partial charge in [-0.25, -0.2) is 17.5 Å². The van der Waals surface area contributed by atoms with Gasteiger partial charge in [0, 0.05) is 6.54 Å². The summed E-state index contributed by atoms with van der Waals surface area (Å²) in [7, 11) is -3.87. The van der Waals surface area contributed by atoms with Gasteiger partial charge in [0.25, 0.3) is 0 Å². The number of sulfonamides is 1. The second kappa shape index (κ2) is 5.79. The number of hydrogen-bond donors (Lipinski definition) is 2. The number of aliphatic hydroxyl groups is 1. The summed E-state index contributed by atoms with van der Waals surface area (Å²) in [4.78, 5) is -0.392. The largest absolute Gasteiger partial charge is 0.392 e. The van der Waals surface area contributed by atoms with Gasteiger partial charge >= 0.3 is 0 Å². The normalized spacial score (nSPS) is 17.1. The van der Waals surface area contributed by atoms with E-state index < -0.39 is 20.7 Å². The summed E-state index contributed by atoms with van der Waals surface area (Å²) in [5.41, 5.74) is 0.439. The van der Waals surface area contributed by atoms with Crippen molar-refractivity contribution in [2.75, 3.05) is 6.54 Å². The Morgan fingerprint density at radius 2 is 2.10 bits per heavy atom. The van der Waals surface area contributed by atoms with Crippen molar-refractivity contribution in [2.45, 2.75) is 44.1 Å². The quantitative estimate of drug-likeness (QED) is 0.811. The van der Waals surface area contributed by atoms with E-state index in [1.54, 1.807) is 0 Å². The first-order valence-electron chi connectivity index (χ1n) is 6.81. The molecule has 0 radical (unpaired) electrons. The van der Waals surface area contributed by atoms with E-state index in [9.17, 15) is 12.8 Å². The standard InChI is InChI=1S/C14H20FNO3S/c1-2-5-14(6-7-14)10-16-20(18,19)13-8-11(9-17)3-4-12(13)15/h3-4,8,16-17H,2,5-7,9-10H2,1H3. The Labute approximate surface area is 119 Å². The fourth-order valence-corrected chi connectivity index (χ4v) is 3.68. The van der Waals surface area contributed by atoms with Crippen LogP contribution in [0.3, 0.4) is 0 Å². The molecule has 0 spiro atoms. The van der Waals surface area contributed by atoms with Crippen LogP contribution < -0.4 is 4.72 Å². The lowest BCUT2D eigenvalue weighted by Gasteiger charge is -2.15. The molecule has 1 aliphatic carbocycles. The smallest absolute Gasteiger partial charge is 0.243 e. The van der Waals surface area contributed by atoms with Crippen LogP contribution in [0.25, 0.3) is 0 Å². The summed E-state index contributed by atoms with van der Waals surface area (Å²) < 4.78 is 40.5. The Morgan fingerprint density at radius 1 is 1.40 bits per heavy atom. The molecule has 0 heterocycles. The number of rotatable bonds is 7. The summed E-state index contributed by atoms with van der Waals surface area (Å²) >= 11 is 0. The highest BCUT2D eigenvalue weighted by atomic mass is 32.2. The molecule has 0 atom stereocenters. The maximum Gasteiger partial charge on any atom is 0.243 e. The molecule has 0 amide bonds. The first-order chi connectivity index (χ1) is 9.42. The third-order valence-electron chi connectivity index (χ3n) is 3.84. The second-order valence-electron chi connectivity index (χ2n) is 5.50. The zero-order valence-corrected chi connectivity index (χ0v) is 12.3. The highest BCUT2D eigenvalue weighted by Crippen LogP contribution is 2.49. The van der Waals surface area contributed by atoms with Gasteiger partial charge in [0.15, 0.2) is 0 Å². The van der Waals surface area contributed by atoms with E-state index in [0.29, 0.717) is 12.1 Å². The van der Waals surface area contributed by atoms with Crippen LogP contribution in [0.15, 0.2) is 23.1 Å². The topological polar surface area (TPSA) is 66.4 Å². The molecule has 1 aromatic rings. The van der Waals surface area contributed by atoms with Crippen molar-refractivity contribution < 1.29 is 17.9 Å². The summed E-state index contributed by atoms with van der Waals surface area (Å²) in [5.74, 6) is -0.796. The molecule has 1 aliphatic rings. The minimum Gasteiger partial charge on any atom is -0.392 e. The van der Waals surface area contributed by atoms with E-state index in [2.05, 4.69) is 11.6 Å². The molecule has 0 bridgehead atoms. The van der Waals surface area contributed by atoms with E-state index in [1.807, 2.05) is 0 Å². The second-order valence-corrected chi connectivity index (χ2v) is 7.23. The Hall–Kier alpha value is -0.980. The predicted octanol–water partition coefficient (Wildman–Crippen LogP) is 2.18. The molecular weight excluding hydrogens is 281 g/mol. The molecule has 0 saturated heterocycles. The fraction of sp³-hybridized carbons (Fsp3) is 0.571. The van der Waals surface area contributed by atoms with E-state index in [1.165, 1.54) is 12.1 Å². The molecule has 1 saturated carbocycles. The van der Waals surface area contributed by atoms with Gasteiger partial charge in [-0.3, -0.25) is 0 Å². The van der Waals surface area contributed by atoms with Crippen molar-refractivity contribution in [2.24, 2.45) is 5.41 Å². The fourth-order valence-electron chi connectivity index (χ4n) is 2.40. The summed E-state index contributed by atoms with van der Waals surface area (Å²) in [6.07, 6.45) is 4.02. The highest BCUT2D eigenvalue weighted by Gasteiger charge is 2.42. The number of nitrogens with one attached hydrogen (secondary N) is 1. The van der Waals surface area contributed by atoms with Crippen LogP contribution in [0.2, 0.25) is 0 Å². The van der Waals surface area contributed by atoms with Crippen LogP contribution in [0, 0.1) is 11.2 Å². The zero-order valence-electron chi connectivity index (χ0n) is 11.5. The van der Waals surface area contributed by atoms with Gasteiger partial charge < -0.3 is 5.11 Å². The predicted molar refractivity (Wildman–Crippen MR) is 74.1 cm³/mol. The molecular formula is C14H20FNO3S. The Bertz CT molecular complexity index is 582. The Kier molecular flexibility index (Phi) is 4.46. The van der Waals surface area contributed by atoms with Gasteiger partial charge in [-0.1, -0.05) is 19.4 Å².